The maximum absolute atomic E-state index is 13.2. The first-order valence-electron chi connectivity index (χ1n) is 33.7. The Labute approximate surface area is 480 Å². The number of aliphatic hydroxyl groups is 7. The highest BCUT2D eigenvalue weighted by atomic mass is 16.7. The van der Waals surface area contributed by atoms with Gasteiger partial charge in [-0.2, -0.15) is 0 Å². The Morgan fingerprint density at radius 3 is 1.14 bits per heavy atom. The van der Waals surface area contributed by atoms with E-state index in [0.717, 1.165) is 38.5 Å². The van der Waals surface area contributed by atoms with Crippen LogP contribution in [0.25, 0.3) is 0 Å². The number of aliphatic hydroxyl groups excluding tert-OH is 7. The topological polar surface area (TPSA) is 189 Å². The van der Waals surface area contributed by atoms with Crippen LogP contribution < -0.4 is 5.32 Å². The second-order valence-electron chi connectivity index (χ2n) is 23.9. The molecule has 0 aliphatic carbocycles. The number of hydrogen-bond acceptors (Lipinski definition) is 10. The van der Waals surface area contributed by atoms with Gasteiger partial charge in [0.05, 0.1) is 25.4 Å². The molecule has 78 heavy (non-hydrogen) atoms. The minimum absolute atomic E-state index is 0.249. The van der Waals surface area contributed by atoms with Gasteiger partial charge in [-0.25, -0.2) is 0 Å². The van der Waals surface area contributed by atoms with Gasteiger partial charge in [0.15, 0.2) is 6.29 Å². The van der Waals surface area contributed by atoms with Gasteiger partial charge in [0.25, 0.3) is 0 Å². The molecular formula is C67H129NO10. The van der Waals surface area contributed by atoms with Crippen molar-refractivity contribution in [1.29, 1.82) is 0 Å². The van der Waals surface area contributed by atoms with Crippen LogP contribution in [0.4, 0.5) is 0 Å². The number of nitrogens with one attached hydrogen (secondary N) is 1. The number of carbonyl (C=O) groups is 1. The van der Waals surface area contributed by atoms with Gasteiger partial charge in [0.1, 0.15) is 36.6 Å². The van der Waals surface area contributed by atoms with Crippen LogP contribution in [0, 0.1) is 0 Å². The van der Waals surface area contributed by atoms with E-state index >= 15 is 0 Å². The van der Waals surface area contributed by atoms with E-state index in [2.05, 4.69) is 43.5 Å². The molecule has 9 unspecified atom stereocenters. The summed E-state index contributed by atoms with van der Waals surface area (Å²) >= 11 is 0. The molecule has 1 fully saturated rings. The van der Waals surface area contributed by atoms with Crippen molar-refractivity contribution in [2.75, 3.05) is 13.2 Å². The van der Waals surface area contributed by atoms with Crippen LogP contribution >= 0.6 is 0 Å². The first kappa shape index (κ1) is 74.6. The average Bonchev–Trinajstić information content (AvgIpc) is 3.46. The number of ether oxygens (including phenoxy) is 2. The summed E-state index contributed by atoms with van der Waals surface area (Å²) in [5, 5.41) is 76.4. The highest BCUT2D eigenvalue weighted by Gasteiger charge is 2.44. The second kappa shape index (κ2) is 56.1. The zero-order chi connectivity index (χ0) is 56.8. The van der Waals surface area contributed by atoms with E-state index < -0.39 is 74.2 Å². The van der Waals surface area contributed by atoms with Gasteiger partial charge in [-0.05, 0) is 51.4 Å². The molecule has 1 heterocycles. The van der Waals surface area contributed by atoms with Gasteiger partial charge >= 0.3 is 0 Å². The molecule has 11 heteroatoms. The van der Waals surface area contributed by atoms with Gasteiger partial charge in [-0.3, -0.25) is 4.79 Å². The third-order valence-corrected chi connectivity index (χ3v) is 16.5. The van der Waals surface area contributed by atoms with E-state index in [4.69, 9.17) is 9.47 Å². The Morgan fingerprint density at radius 2 is 0.769 bits per heavy atom. The van der Waals surface area contributed by atoms with E-state index in [0.29, 0.717) is 19.3 Å². The lowest BCUT2D eigenvalue weighted by atomic mass is 9.98. The average molecular weight is 1110 g/mol. The van der Waals surface area contributed by atoms with Gasteiger partial charge in [-0.15, -0.1) is 0 Å². The summed E-state index contributed by atoms with van der Waals surface area (Å²) in [6.45, 7) is 3.49. The summed E-state index contributed by atoms with van der Waals surface area (Å²) < 4.78 is 11.2. The first-order valence-corrected chi connectivity index (χ1v) is 33.7. The summed E-state index contributed by atoms with van der Waals surface area (Å²) in [6.07, 6.45) is 58.3. The Hall–Kier alpha value is -1.41. The lowest BCUT2D eigenvalue weighted by Gasteiger charge is -2.40. The number of rotatable bonds is 59. The van der Waals surface area contributed by atoms with Crippen molar-refractivity contribution in [3.8, 4) is 0 Å². The summed E-state index contributed by atoms with van der Waals surface area (Å²) in [5.41, 5.74) is 0. The molecular weight excluding hydrogens is 979 g/mol. The van der Waals surface area contributed by atoms with Crippen molar-refractivity contribution in [1.82, 2.24) is 5.32 Å². The molecule has 1 aliphatic rings. The molecule has 0 saturated carbocycles. The summed E-state index contributed by atoms with van der Waals surface area (Å²) in [7, 11) is 0. The third-order valence-electron chi connectivity index (χ3n) is 16.5. The van der Waals surface area contributed by atoms with E-state index in [9.17, 15) is 40.5 Å². The lowest BCUT2D eigenvalue weighted by Crippen LogP contribution is -2.60. The normalized spacial score (nSPS) is 19.5. The summed E-state index contributed by atoms with van der Waals surface area (Å²) in [4.78, 5) is 13.2. The van der Waals surface area contributed by atoms with Crippen LogP contribution in [0.3, 0.4) is 0 Å². The Kier molecular flexibility index (Phi) is 53.6. The number of hydrogen-bond donors (Lipinski definition) is 8. The predicted molar refractivity (Wildman–Crippen MR) is 326 cm³/mol. The van der Waals surface area contributed by atoms with E-state index in [1.807, 2.05) is 0 Å². The van der Waals surface area contributed by atoms with Crippen molar-refractivity contribution in [3.05, 3.63) is 24.3 Å². The van der Waals surface area contributed by atoms with E-state index in [-0.39, 0.29) is 12.8 Å². The standard InChI is InChI=1S/C67H129NO10/c1-3-5-7-9-11-13-15-17-19-21-23-25-27-29-31-32-34-36-38-40-42-44-46-48-50-52-54-59(70)62(72)58(57-77-67-65(75)64(74)63(73)61(56-69)78-67)68-66(76)60(71)55-53-51-49-47-45-43-41-39-37-35-33-30-28-26-24-22-20-18-16-14-12-10-8-6-4-2/h38,40,46,48,58-65,67,69-75H,3-37,39,41-45,47,49-57H2,1-2H3,(H,68,76)/b40-38+,48-46+. The molecule has 8 N–H and O–H groups in total. The zero-order valence-corrected chi connectivity index (χ0v) is 50.9. The van der Waals surface area contributed by atoms with Crippen molar-refractivity contribution >= 4 is 5.91 Å². The Morgan fingerprint density at radius 1 is 0.436 bits per heavy atom. The highest BCUT2D eigenvalue weighted by Crippen LogP contribution is 2.24. The summed E-state index contributed by atoms with van der Waals surface area (Å²) in [6, 6.07) is -1.19. The largest absolute Gasteiger partial charge is 0.394 e. The third kappa shape index (κ3) is 43.3. The fourth-order valence-corrected chi connectivity index (χ4v) is 11.1. The maximum Gasteiger partial charge on any atom is 0.249 e. The van der Waals surface area contributed by atoms with Crippen molar-refractivity contribution in [2.45, 2.75) is 384 Å². The van der Waals surface area contributed by atoms with Crippen LogP contribution in [0.1, 0.15) is 328 Å². The minimum atomic E-state index is -1.67. The van der Waals surface area contributed by atoms with Crippen LogP contribution in [0.5, 0.6) is 0 Å². The molecule has 1 aliphatic heterocycles. The lowest BCUT2D eigenvalue weighted by molar-refractivity contribution is -0.303. The van der Waals surface area contributed by atoms with Crippen LogP contribution in [0.15, 0.2) is 24.3 Å². The van der Waals surface area contributed by atoms with Crippen LogP contribution in [-0.2, 0) is 14.3 Å². The molecule has 1 rings (SSSR count). The van der Waals surface area contributed by atoms with Gasteiger partial charge in [0.2, 0.25) is 5.91 Å². The predicted octanol–water partition coefficient (Wildman–Crippen LogP) is 15.6. The van der Waals surface area contributed by atoms with Crippen molar-refractivity contribution < 1.29 is 50.0 Å². The van der Waals surface area contributed by atoms with Crippen molar-refractivity contribution in [3.63, 3.8) is 0 Å². The van der Waals surface area contributed by atoms with E-state index in [1.165, 1.54) is 244 Å². The Bertz CT molecular complexity index is 1320. The molecule has 0 aromatic heterocycles. The smallest absolute Gasteiger partial charge is 0.249 e. The first-order chi connectivity index (χ1) is 38.2. The molecule has 0 aromatic carbocycles. The molecule has 0 spiro atoms. The monoisotopic (exact) mass is 1110 g/mol. The zero-order valence-electron chi connectivity index (χ0n) is 50.9. The van der Waals surface area contributed by atoms with Gasteiger partial charge in [0, 0.05) is 0 Å². The fourth-order valence-electron chi connectivity index (χ4n) is 11.1. The second-order valence-corrected chi connectivity index (χ2v) is 23.9. The fraction of sp³-hybridized carbons (Fsp3) is 0.925. The molecule has 0 radical (unpaired) electrons. The number of unbranched alkanes of at least 4 members (excludes halogenated alkanes) is 43. The highest BCUT2D eigenvalue weighted by molar-refractivity contribution is 5.80. The molecule has 9 atom stereocenters. The molecule has 1 amide bonds. The Balaban J connectivity index is 2.25. The number of amides is 1. The minimum Gasteiger partial charge on any atom is -0.394 e. The SMILES string of the molecule is CCCCCCCCCCCCCCCCCCC/C=C/CC/C=C/CCCC(O)C(O)C(COC1OC(CO)C(O)C(O)C1O)NC(=O)C(O)CCCCCCCCCCCCCCCCCCCCCCCCCCC. The molecule has 0 bridgehead atoms. The van der Waals surface area contributed by atoms with Crippen LogP contribution in [-0.4, -0.2) is 110 Å². The van der Waals surface area contributed by atoms with Gasteiger partial charge in [-0.1, -0.05) is 301 Å². The molecule has 0 aromatic rings. The number of allylic oxidation sites excluding steroid dienone is 4. The van der Waals surface area contributed by atoms with Gasteiger partial charge < -0.3 is 50.5 Å². The molecule has 1 saturated heterocycles. The molecule has 11 nitrogen and oxygen atoms in total. The number of carbonyl (C=O) groups excluding carboxylic acids is 1. The van der Waals surface area contributed by atoms with E-state index in [1.54, 1.807) is 0 Å². The quantitative estimate of drug-likeness (QED) is 0.0215. The van der Waals surface area contributed by atoms with Crippen molar-refractivity contribution in [2.24, 2.45) is 0 Å². The maximum atomic E-state index is 13.2. The molecule has 462 valence electrons. The summed E-state index contributed by atoms with van der Waals surface area (Å²) in [5.74, 6) is -0.704. The van der Waals surface area contributed by atoms with Crippen LogP contribution in [0.2, 0.25) is 0 Å².